The molecule has 0 bridgehead atoms. The topological polar surface area (TPSA) is 58.4 Å². The minimum Gasteiger partial charge on any atom is -0.309 e. The first-order valence-electron chi connectivity index (χ1n) is 6.57. The van der Waals surface area contributed by atoms with Gasteiger partial charge in [0.05, 0.1) is 6.20 Å². The minimum atomic E-state index is -3.44. The second-order valence-corrected chi connectivity index (χ2v) is 7.39. The molecule has 0 saturated carbocycles. The van der Waals surface area contributed by atoms with Gasteiger partial charge in [-0.3, -0.25) is 4.68 Å². The molecule has 1 aromatic heterocycles. The van der Waals surface area contributed by atoms with E-state index < -0.39 is 10.0 Å². The molecule has 0 aliphatic rings. The molecule has 1 aromatic rings. The normalized spacial score (nSPS) is 12.5. The van der Waals surface area contributed by atoms with Gasteiger partial charge in [-0.05, 0) is 33.5 Å². The van der Waals surface area contributed by atoms with Crippen molar-refractivity contribution < 1.29 is 8.42 Å². The van der Waals surface area contributed by atoms with Crippen molar-refractivity contribution in [1.82, 2.24) is 19.0 Å². The fourth-order valence-corrected chi connectivity index (χ4v) is 3.02. The number of alkyl halides is 1. The van der Waals surface area contributed by atoms with E-state index >= 15 is 0 Å². The maximum Gasteiger partial charge on any atom is 0.245 e. The van der Waals surface area contributed by atoms with Gasteiger partial charge in [-0.25, -0.2) is 12.7 Å². The van der Waals surface area contributed by atoms with Crippen molar-refractivity contribution in [3.05, 3.63) is 12.4 Å². The second kappa shape index (κ2) is 7.97. The van der Waals surface area contributed by atoms with Gasteiger partial charge in [-0.2, -0.15) is 5.10 Å². The third-order valence-electron chi connectivity index (χ3n) is 2.92. The lowest BCUT2D eigenvalue weighted by molar-refractivity contribution is 0.370. The number of aryl methyl sites for hydroxylation is 1. The third-order valence-corrected chi connectivity index (χ3v) is 4.99. The molecule has 1 heterocycles. The van der Waals surface area contributed by atoms with Gasteiger partial charge in [0.1, 0.15) is 4.90 Å². The van der Waals surface area contributed by atoms with Crippen LogP contribution in [0.25, 0.3) is 0 Å². The molecular formula is C12H23ClN4O2S. The zero-order valence-corrected chi connectivity index (χ0v) is 13.9. The molecule has 6 nitrogen and oxygen atoms in total. The molecule has 0 saturated heterocycles. The maximum absolute atomic E-state index is 12.3. The number of hydrogen-bond acceptors (Lipinski definition) is 4. The summed E-state index contributed by atoms with van der Waals surface area (Å²) < 4.78 is 27.6. The summed E-state index contributed by atoms with van der Waals surface area (Å²) in [5, 5.41) is 4.05. The molecule has 0 aliphatic carbocycles. The van der Waals surface area contributed by atoms with Crippen molar-refractivity contribution >= 4 is 21.6 Å². The van der Waals surface area contributed by atoms with Crippen LogP contribution in [0.3, 0.4) is 0 Å². The molecule has 8 heteroatoms. The summed E-state index contributed by atoms with van der Waals surface area (Å²) in [6.07, 6.45) is 4.51. The smallest absolute Gasteiger partial charge is 0.245 e. The first-order chi connectivity index (χ1) is 9.37. The summed E-state index contributed by atoms with van der Waals surface area (Å²) in [6, 6.07) is 0. The predicted molar refractivity (Wildman–Crippen MR) is 80.6 cm³/mol. The lowest BCUT2D eigenvalue weighted by atomic mass is 10.4. The first kappa shape index (κ1) is 17.4. The van der Waals surface area contributed by atoms with E-state index in [4.69, 9.17) is 11.6 Å². The quantitative estimate of drug-likeness (QED) is 0.638. The van der Waals surface area contributed by atoms with Crippen LogP contribution in [0.5, 0.6) is 0 Å². The molecule has 0 spiro atoms. The van der Waals surface area contributed by atoms with Crippen LogP contribution >= 0.6 is 11.6 Å². The Morgan fingerprint density at radius 2 is 1.95 bits per heavy atom. The van der Waals surface area contributed by atoms with Crippen LogP contribution in [0.4, 0.5) is 0 Å². The van der Waals surface area contributed by atoms with Crippen LogP contribution in [-0.2, 0) is 16.6 Å². The lowest BCUT2D eigenvalue weighted by Gasteiger charge is -2.17. The average Bonchev–Trinajstić information content (AvgIpc) is 2.85. The van der Waals surface area contributed by atoms with Crippen LogP contribution in [-0.4, -0.2) is 67.5 Å². The van der Waals surface area contributed by atoms with Crippen molar-refractivity contribution in [2.75, 3.05) is 40.1 Å². The van der Waals surface area contributed by atoms with Gasteiger partial charge in [0, 0.05) is 32.2 Å². The Morgan fingerprint density at radius 1 is 1.25 bits per heavy atom. The summed E-state index contributed by atoms with van der Waals surface area (Å²) in [5.41, 5.74) is 0. The highest BCUT2D eigenvalue weighted by molar-refractivity contribution is 7.89. The summed E-state index contributed by atoms with van der Waals surface area (Å²) in [5.74, 6) is 0.534. The van der Waals surface area contributed by atoms with Gasteiger partial charge in [0.2, 0.25) is 10.0 Å². The van der Waals surface area contributed by atoms with Crippen molar-refractivity contribution in [3.8, 4) is 0 Å². The highest BCUT2D eigenvalue weighted by Gasteiger charge is 2.22. The summed E-state index contributed by atoms with van der Waals surface area (Å²) in [4.78, 5) is 2.27. The van der Waals surface area contributed by atoms with E-state index in [9.17, 15) is 8.42 Å². The molecule has 0 atom stereocenters. The monoisotopic (exact) mass is 322 g/mol. The Bertz CT molecular complexity index is 501. The van der Waals surface area contributed by atoms with Crippen molar-refractivity contribution in [2.45, 2.75) is 24.3 Å². The molecule has 116 valence electrons. The zero-order valence-electron chi connectivity index (χ0n) is 12.3. The van der Waals surface area contributed by atoms with Crippen LogP contribution < -0.4 is 0 Å². The minimum absolute atomic E-state index is 0.236. The molecule has 20 heavy (non-hydrogen) atoms. The van der Waals surface area contributed by atoms with E-state index in [1.165, 1.54) is 10.5 Å². The van der Waals surface area contributed by atoms with Crippen LogP contribution in [0, 0.1) is 0 Å². The van der Waals surface area contributed by atoms with E-state index in [-0.39, 0.29) is 4.90 Å². The zero-order chi connectivity index (χ0) is 15.2. The Morgan fingerprint density at radius 3 is 2.55 bits per heavy atom. The molecule has 0 N–H and O–H groups in total. The van der Waals surface area contributed by atoms with Gasteiger partial charge < -0.3 is 4.90 Å². The first-order valence-corrected chi connectivity index (χ1v) is 8.55. The molecule has 1 rings (SSSR count). The predicted octanol–water partition coefficient (Wildman–Crippen LogP) is 1.08. The fourth-order valence-electron chi connectivity index (χ4n) is 1.73. The maximum atomic E-state index is 12.3. The lowest BCUT2D eigenvalue weighted by Crippen LogP contribution is -2.29. The van der Waals surface area contributed by atoms with Gasteiger partial charge in [0.25, 0.3) is 0 Å². The van der Waals surface area contributed by atoms with E-state index in [1.54, 1.807) is 17.9 Å². The molecule has 0 amide bonds. The molecule has 0 unspecified atom stereocenters. The Balaban J connectivity index is 2.64. The summed E-state index contributed by atoms with van der Waals surface area (Å²) >= 11 is 5.61. The van der Waals surface area contributed by atoms with E-state index in [2.05, 4.69) is 5.10 Å². The number of sulfonamides is 1. The van der Waals surface area contributed by atoms with Gasteiger partial charge in [-0.1, -0.05) is 0 Å². The van der Waals surface area contributed by atoms with Crippen LogP contribution in [0.15, 0.2) is 17.3 Å². The Labute approximate surface area is 126 Å². The van der Waals surface area contributed by atoms with Crippen molar-refractivity contribution in [1.29, 1.82) is 0 Å². The highest BCUT2D eigenvalue weighted by Crippen LogP contribution is 2.13. The van der Waals surface area contributed by atoms with E-state index in [0.717, 1.165) is 19.4 Å². The van der Waals surface area contributed by atoms with Gasteiger partial charge in [-0.15, -0.1) is 11.6 Å². The second-order valence-electron chi connectivity index (χ2n) is 4.97. The van der Waals surface area contributed by atoms with Crippen LogP contribution in [0.1, 0.15) is 12.8 Å². The highest BCUT2D eigenvalue weighted by atomic mass is 35.5. The van der Waals surface area contributed by atoms with E-state index in [1.807, 2.05) is 19.0 Å². The number of aromatic nitrogens is 2. The molecule has 0 aliphatic heterocycles. The number of rotatable bonds is 9. The summed E-state index contributed by atoms with van der Waals surface area (Å²) in [6.45, 7) is 1.98. The molecule has 0 aromatic carbocycles. The molecule has 0 radical (unpaired) electrons. The van der Waals surface area contributed by atoms with Gasteiger partial charge >= 0.3 is 0 Å². The van der Waals surface area contributed by atoms with Crippen molar-refractivity contribution in [3.63, 3.8) is 0 Å². The SMILES string of the molecule is CN(C)CCCN(C)S(=O)(=O)c1cnn(CCCCl)c1. The number of hydrogen-bond donors (Lipinski definition) is 0. The third kappa shape index (κ3) is 5.05. The molecular weight excluding hydrogens is 300 g/mol. The van der Waals surface area contributed by atoms with Crippen LogP contribution in [0.2, 0.25) is 0 Å². The summed E-state index contributed by atoms with van der Waals surface area (Å²) in [7, 11) is 2.09. The average molecular weight is 323 g/mol. The van der Waals surface area contributed by atoms with Gasteiger partial charge in [0.15, 0.2) is 0 Å². The Kier molecular flexibility index (Phi) is 6.94. The number of nitrogens with zero attached hydrogens (tertiary/aromatic N) is 4. The number of halogens is 1. The molecule has 0 fully saturated rings. The standard InChI is InChI=1S/C12H23ClN4O2S/c1-15(2)7-5-8-16(3)20(18,19)12-10-14-17(11-12)9-4-6-13/h10-11H,4-9H2,1-3H3. The van der Waals surface area contributed by atoms with Crippen molar-refractivity contribution in [2.24, 2.45) is 0 Å². The fraction of sp³-hybridized carbons (Fsp3) is 0.750. The largest absolute Gasteiger partial charge is 0.309 e. The Hall–Kier alpha value is -0.630. The van der Waals surface area contributed by atoms with E-state index in [0.29, 0.717) is 19.0 Å².